The molecule has 3 aromatic rings. The van der Waals surface area contributed by atoms with E-state index in [4.69, 9.17) is 4.74 Å². The van der Waals surface area contributed by atoms with Gasteiger partial charge >= 0.3 is 5.97 Å². The zero-order valence-electron chi connectivity index (χ0n) is 10.5. The van der Waals surface area contributed by atoms with Gasteiger partial charge in [-0.2, -0.15) is 5.10 Å². The molecule has 0 aliphatic heterocycles. The maximum Gasteiger partial charge on any atom is 0.341 e. The molecule has 0 amide bonds. The van der Waals surface area contributed by atoms with Crippen LogP contribution in [0.2, 0.25) is 0 Å². The molecular weight excluding hydrogens is 280 g/mol. The van der Waals surface area contributed by atoms with Gasteiger partial charge in [0.25, 0.3) is 5.56 Å². The average molecular weight is 290 g/mol. The summed E-state index contributed by atoms with van der Waals surface area (Å²) in [6.45, 7) is -0.0443. The first-order chi connectivity index (χ1) is 9.63. The number of hydrogen-bond donors (Lipinski definition) is 0. The first-order valence-electron chi connectivity index (χ1n) is 5.75. The third kappa shape index (κ3) is 2.32. The molecule has 3 aromatic heterocycles. The van der Waals surface area contributed by atoms with Crippen molar-refractivity contribution in [3.8, 4) is 0 Å². The van der Waals surface area contributed by atoms with E-state index in [1.807, 2.05) is 0 Å². The molecule has 0 aromatic carbocycles. The van der Waals surface area contributed by atoms with Gasteiger partial charge in [0.2, 0.25) is 0 Å². The lowest BCUT2D eigenvalue weighted by Gasteiger charge is -2.02. The Bertz CT molecular complexity index is 832. The highest BCUT2D eigenvalue weighted by Gasteiger charge is 2.11. The molecule has 7 nitrogen and oxygen atoms in total. The summed E-state index contributed by atoms with van der Waals surface area (Å²) in [6, 6.07) is 1.36. The minimum Gasteiger partial charge on any atom is -0.455 e. The second-order valence-electron chi connectivity index (χ2n) is 4.12. The number of ether oxygens (including phenoxy) is 1. The highest BCUT2D eigenvalue weighted by Crippen LogP contribution is 2.08. The maximum atomic E-state index is 11.8. The van der Waals surface area contributed by atoms with Crippen molar-refractivity contribution in [2.45, 2.75) is 6.61 Å². The highest BCUT2D eigenvalue weighted by atomic mass is 32.1. The number of aryl methyl sites for hydroxylation is 1. The molecule has 20 heavy (non-hydrogen) atoms. The van der Waals surface area contributed by atoms with Crippen LogP contribution in [-0.2, 0) is 18.4 Å². The summed E-state index contributed by atoms with van der Waals surface area (Å²) in [6.07, 6.45) is 4.64. The molecule has 3 heterocycles. The Kier molecular flexibility index (Phi) is 3.07. The summed E-state index contributed by atoms with van der Waals surface area (Å²) in [5.41, 5.74) is 0.597. The smallest absolute Gasteiger partial charge is 0.341 e. The number of fused-ring (bicyclic) bond motifs is 1. The number of carbonyl (C=O) groups excluding carboxylic acids is 1. The fourth-order valence-corrected chi connectivity index (χ4v) is 2.45. The van der Waals surface area contributed by atoms with E-state index in [-0.39, 0.29) is 12.2 Å². The number of rotatable bonds is 3. The molecule has 0 atom stereocenters. The number of aromatic nitrogens is 4. The van der Waals surface area contributed by atoms with Gasteiger partial charge in [0.1, 0.15) is 6.61 Å². The minimum atomic E-state index is -0.494. The molecule has 0 spiro atoms. The summed E-state index contributed by atoms with van der Waals surface area (Å²) in [4.78, 5) is 28.3. The first-order valence-corrected chi connectivity index (χ1v) is 6.63. The summed E-state index contributed by atoms with van der Waals surface area (Å²) in [5, 5.41) is 5.66. The monoisotopic (exact) mass is 290 g/mol. The Labute approximate surface area is 117 Å². The van der Waals surface area contributed by atoms with E-state index in [0.717, 1.165) is 0 Å². The van der Waals surface area contributed by atoms with E-state index in [2.05, 4.69) is 10.1 Å². The lowest BCUT2D eigenvalue weighted by Crippen LogP contribution is -2.14. The quantitative estimate of drug-likeness (QED) is 0.668. The zero-order valence-corrected chi connectivity index (χ0v) is 11.3. The predicted molar refractivity (Wildman–Crippen MR) is 71.7 cm³/mol. The van der Waals surface area contributed by atoms with Crippen molar-refractivity contribution in [2.75, 3.05) is 0 Å². The molecule has 0 bridgehead atoms. The third-order valence-electron chi connectivity index (χ3n) is 2.65. The standard InChI is InChI=1S/C12H10N4O3S/c1-15-6-8(5-13-15)11(18)19-7-9-4-10(17)16-2-3-20-12(16)14-9/h2-6H,7H2,1H3. The molecule has 0 saturated heterocycles. The van der Waals surface area contributed by atoms with Crippen LogP contribution in [0.15, 0.2) is 34.8 Å². The van der Waals surface area contributed by atoms with E-state index in [9.17, 15) is 9.59 Å². The van der Waals surface area contributed by atoms with E-state index in [1.54, 1.807) is 24.8 Å². The van der Waals surface area contributed by atoms with Gasteiger partial charge in [-0.05, 0) is 0 Å². The van der Waals surface area contributed by atoms with Gasteiger partial charge in [0.05, 0.1) is 17.5 Å². The Hall–Kier alpha value is -2.48. The second kappa shape index (κ2) is 4.89. The SMILES string of the molecule is Cn1cc(C(=O)OCc2cc(=O)n3ccsc3n2)cn1. The van der Waals surface area contributed by atoms with Crippen LogP contribution in [0.25, 0.3) is 4.96 Å². The van der Waals surface area contributed by atoms with Gasteiger partial charge < -0.3 is 4.74 Å². The molecule has 3 rings (SSSR count). The fraction of sp³-hybridized carbons (Fsp3) is 0.167. The average Bonchev–Trinajstić information content (AvgIpc) is 3.04. The molecule has 8 heteroatoms. The molecule has 0 N–H and O–H groups in total. The van der Waals surface area contributed by atoms with Crippen molar-refractivity contribution in [2.24, 2.45) is 7.05 Å². The number of esters is 1. The lowest BCUT2D eigenvalue weighted by molar-refractivity contribution is 0.0467. The van der Waals surface area contributed by atoms with Crippen molar-refractivity contribution >= 4 is 22.3 Å². The summed E-state index contributed by atoms with van der Waals surface area (Å²) in [7, 11) is 1.71. The van der Waals surface area contributed by atoms with Crippen molar-refractivity contribution in [3.63, 3.8) is 0 Å². The first kappa shape index (κ1) is 12.5. The van der Waals surface area contributed by atoms with Crippen molar-refractivity contribution in [3.05, 3.63) is 51.6 Å². The maximum absolute atomic E-state index is 11.8. The number of carbonyl (C=O) groups is 1. The van der Waals surface area contributed by atoms with Crippen LogP contribution in [0.4, 0.5) is 0 Å². The van der Waals surface area contributed by atoms with Crippen LogP contribution >= 0.6 is 11.3 Å². The molecule has 0 saturated carbocycles. The molecule has 0 aliphatic rings. The van der Waals surface area contributed by atoms with Crippen molar-refractivity contribution in [1.29, 1.82) is 0 Å². The summed E-state index contributed by atoms with van der Waals surface area (Å²) in [5.74, 6) is -0.494. The topological polar surface area (TPSA) is 78.5 Å². The molecule has 0 fully saturated rings. The summed E-state index contributed by atoms with van der Waals surface area (Å²) >= 11 is 1.35. The molecule has 0 unspecified atom stereocenters. The van der Waals surface area contributed by atoms with Crippen LogP contribution in [0.1, 0.15) is 16.1 Å². The van der Waals surface area contributed by atoms with E-state index in [0.29, 0.717) is 16.2 Å². The molecule has 0 aliphatic carbocycles. The molecular formula is C12H10N4O3S. The third-order valence-corrected chi connectivity index (χ3v) is 3.40. The van der Waals surface area contributed by atoms with Crippen LogP contribution < -0.4 is 5.56 Å². The van der Waals surface area contributed by atoms with Gasteiger partial charge in [-0.15, -0.1) is 11.3 Å². The van der Waals surface area contributed by atoms with Crippen molar-refractivity contribution < 1.29 is 9.53 Å². The predicted octanol–water partition coefficient (Wildman–Crippen LogP) is 0.847. The van der Waals surface area contributed by atoms with Crippen LogP contribution in [-0.4, -0.2) is 25.1 Å². The fourth-order valence-electron chi connectivity index (χ4n) is 1.71. The molecule has 102 valence electrons. The van der Waals surface area contributed by atoms with Gasteiger partial charge in [-0.3, -0.25) is 13.9 Å². The van der Waals surface area contributed by atoms with Crippen molar-refractivity contribution in [1.82, 2.24) is 19.2 Å². The number of nitrogens with zero attached hydrogens (tertiary/aromatic N) is 4. The van der Waals surface area contributed by atoms with E-state index < -0.39 is 5.97 Å². The lowest BCUT2D eigenvalue weighted by atomic mass is 10.4. The molecule has 0 radical (unpaired) electrons. The van der Waals surface area contributed by atoms with Crippen LogP contribution in [0.3, 0.4) is 0 Å². The summed E-state index contributed by atoms with van der Waals surface area (Å²) < 4.78 is 8.06. The largest absolute Gasteiger partial charge is 0.455 e. The van der Waals surface area contributed by atoms with Gasteiger partial charge in [-0.1, -0.05) is 0 Å². The minimum absolute atomic E-state index is 0.0443. The van der Waals surface area contributed by atoms with Gasteiger partial charge in [-0.25, -0.2) is 9.78 Å². The highest BCUT2D eigenvalue weighted by molar-refractivity contribution is 7.15. The van der Waals surface area contributed by atoms with E-state index in [1.165, 1.54) is 32.7 Å². The Morgan fingerprint density at radius 2 is 2.35 bits per heavy atom. The Morgan fingerprint density at radius 3 is 3.10 bits per heavy atom. The number of thiazole rings is 1. The number of hydrogen-bond acceptors (Lipinski definition) is 6. The van der Waals surface area contributed by atoms with Gasteiger partial charge in [0, 0.05) is 30.9 Å². The second-order valence-corrected chi connectivity index (χ2v) is 4.99. The van der Waals surface area contributed by atoms with Gasteiger partial charge in [0.15, 0.2) is 4.96 Å². The zero-order chi connectivity index (χ0) is 14.1. The Morgan fingerprint density at radius 1 is 1.50 bits per heavy atom. The van der Waals surface area contributed by atoms with Crippen LogP contribution in [0.5, 0.6) is 0 Å². The van der Waals surface area contributed by atoms with Crippen LogP contribution in [0, 0.1) is 0 Å². The van der Waals surface area contributed by atoms with E-state index >= 15 is 0 Å². The Balaban J connectivity index is 1.76. The normalized spacial score (nSPS) is 10.8.